The number of carbonyl (C=O) groups is 1. The first-order valence-corrected chi connectivity index (χ1v) is 10.6. The quantitative estimate of drug-likeness (QED) is 0.476. The van der Waals surface area contributed by atoms with Gasteiger partial charge in [-0.2, -0.15) is 5.10 Å². The van der Waals surface area contributed by atoms with Crippen molar-refractivity contribution in [1.29, 1.82) is 0 Å². The zero-order chi connectivity index (χ0) is 21.2. The van der Waals surface area contributed by atoms with Gasteiger partial charge in [0.1, 0.15) is 5.69 Å². The number of amides is 1. The molecule has 0 bridgehead atoms. The van der Waals surface area contributed by atoms with Crippen molar-refractivity contribution in [3.05, 3.63) is 89.8 Å². The van der Waals surface area contributed by atoms with Crippen LogP contribution in [0.1, 0.15) is 16.9 Å². The van der Waals surface area contributed by atoms with Gasteiger partial charge in [-0.25, -0.2) is 4.68 Å². The molecule has 6 nitrogen and oxygen atoms in total. The fourth-order valence-corrected chi connectivity index (χ4v) is 3.99. The molecule has 0 radical (unpaired) electrons. The molecule has 2 aromatic heterocycles. The molecule has 0 spiro atoms. The van der Waals surface area contributed by atoms with E-state index in [1.54, 1.807) is 29.1 Å². The van der Waals surface area contributed by atoms with Gasteiger partial charge in [-0.05, 0) is 55.0 Å². The number of carbonyl (C=O) groups excluding carboxylic acids is 1. The highest BCUT2D eigenvalue weighted by Crippen LogP contribution is 2.27. The fraction of sp³-hybridized carbons (Fsp3) is 0.167. The SMILES string of the molecule is O=C(c1cc(-c2ccco2)n(-c2ccc(Cl)cc2)n1)N1CCC(Nc2ccccc2)C1. The van der Waals surface area contributed by atoms with Crippen LogP contribution in [0.4, 0.5) is 5.69 Å². The summed E-state index contributed by atoms with van der Waals surface area (Å²) in [5.41, 5.74) is 2.98. The van der Waals surface area contributed by atoms with Crippen molar-refractivity contribution in [3.63, 3.8) is 0 Å². The van der Waals surface area contributed by atoms with Crippen molar-refractivity contribution >= 4 is 23.2 Å². The highest BCUT2D eigenvalue weighted by molar-refractivity contribution is 6.30. The Morgan fingerprint density at radius 3 is 2.61 bits per heavy atom. The number of hydrogen-bond donors (Lipinski definition) is 1. The predicted molar refractivity (Wildman–Crippen MR) is 121 cm³/mol. The summed E-state index contributed by atoms with van der Waals surface area (Å²) >= 11 is 6.04. The van der Waals surface area contributed by atoms with Crippen molar-refractivity contribution in [2.75, 3.05) is 18.4 Å². The number of rotatable bonds is 5. The molecular weight excluding hydrogens is 412 g/mol. The summed E-state index contributed by atoms with van der Waals surface area (Å²) in [6, 6.07) is 23.1. The largest absolute Gasteiger partial charge is 0.463 e. The first-order valence-electron chi connectivity index (χ1n) is 10.2. The van der Waals surface area contributed by atoms with E-state index in [0.29, 0.717) is 35.3 Å². The van der Waals surface area contributed by atoms with Gasteiger partial charge >= 0.3 is 0 Å². The summed E-state index contributed by atoms with van der Waals surface area (Å²) in [4.78, 5) is 15.1. The van der Waals surface area contributed by atoms with E-state index in [2.05, 4.69) is 10.4 Å². The molecule has 31 heavy (non-hydrogen) atoms. The van der Waals surface area contributed by atoms with E-state index in [1.165, 1.54) is 0 Å². The number of aromatic nitrogens is 2. The number of benzene rings is 2. The lowest BCUT2D eigenvalue weighted by molar-refractivity contribution is 0.0785. The van der Waals surface area contributed by atoms with Gasteiger partial charge < -0.3 is 14.6 Å². The van der Waals surface area contributed by atoms with Crippen LogP contribution in [0.3, 0.4) is 0 Å². The van der Waals surface area contributed by atoms with E-state index in [4.69, 9.17) is 16.0 Å². The van der Waals surface area contributed by atoms with Gasteiger partial charge in [0.05, 0.1) is 12.0 Å². The van der Waals surface area contributed by atoms with Crippen LogP contribution in [-0.4, -0.2) is 39.7 Å². The molecule has 3 heterocycles. The normalized spacial score (nSPS) is 15.9. The Hall–Kier alpha value is -3.51. The molecule has 1 fully saturated rings. The minimum absolute atomic E-state index is 0.0853. The fourth-order valence-electron chi connectivity index (χ4n) is 3.86. The van der Waals surface area contributed by atoms with E-state index >= 15 is 0 Å². The molecule has 7 heteroatoms. The van der Waals surface area contributed by atoms with Crippen LogP contribution < -0.4 is 5.32 Å². The topological polar surface area (TPSA) is 63.3 Å². The molecule has 1 amide bonds. The molecule has 1 aliphatic heterocycles. The van der Waals surface area contributed by atoms with E-state index in [0.717, 1.165) is 17.8 Å². The maximum Gasteiger partial charge on any atom is 0.274 e. The van der Waals surface area contributed by atoms with Crippen molar-refractivity contribution in [3.8, 4) is 17.1 Å². The lowest BCUT2D eigenvalue weighted by atomic mass is 10.2. The van der Waals surface area contributed by atoms with Gasteiger partial charge in [-0.3, -0.25) is 4.79 Å². The maximum atomic E-state index is 13.2. The average molecular weight is 433 g/mol. The second-order valence-electron chi connectivity index (χ2n) is 7.53. The standard InChI is InChI=1S/C24H21ClN4O2/c25-17-8-10-20(11-9-17)29-22(23-7-4-14-31-23)15-21(27-29)24(30)28-13-12-19(16-28)26-18-5-2-1-3-6-18/h1-11,14-15,19,26H,12-13,16H2. The molecular formula is C24H21ClN4O2. The van der Waals surface area contributed by atoms with Gasteiger partial charge in [-0.1, -0.05) is 29.8 Å². The van der Waals surface area contributed by atoms with Gasteiger partial charge in [-0.15, -0.1) is 0 Å². The first-order chi connectivity index (χ1) is 15.2. The van der Waals surface area contributed by atoms with Crippen molar-refractivity contribution in [2.45, 2.75) is 12.5 Å². The molecule has 5 rings (SSSR count). The number of likely N-dealkylation sites (tertiary alicyclic amines) is 1. The Labute approximate surface area is 185 Å². The maximum absolute atomic E-state index is 13.2. The van der Waals surface area contributed by atoms with Crippen LogP contribution in [0.25, 0.3) is 17.1 Å². The highest BCUT2D eigenvalue weighted by Gasteiger charge is 2.29. The molecule has 0 aliphatic carbocycles. The summed E-state index contributed by atoms with van der Waals surface area (Å²) in [5, 5.41) is 8.76. The number of nitrogens with zero attached hydrogens (tertiary/aromatic N) is 3. The Kier molecular flexibility index (Phi) is 5.22. The molecule has 1 N–H and O–H groups in total. The third-order valence-electron chi connectivity index (χ3n) is 5.39. The van der Waals surface area contributed by atoms with Crippen molar-refractivity contribution in [2.24, 2.45) is 0 Å². The first kappa shape index (κ1) is 19.5. The number of para-hydroxylation sites is 1. The second kappa shape index (κ2) is 8.32. The molecule has 156 valence electrons. The van der Waals surface area contributed by atoms with Crippen LogP contribution >= 0.6 is 11.6 Å². The zero-order valence-corrected chi connectivity index (χ0v) is 17.5. The van der Waals surface area contributed by atoms with E-state index < -0.39 is 0 Å². The summed E-state index contributed by atoms with van der Waals surface area (Å²) in [7, 11) is 0. The van der Waals surface area contributed by atoms with E-state index in [9.17, 15) is 4.79 Å². The summed E-state index contributed by atoms with van der Waals surface area (Å²) in [5.74, 6) is 0.560. The van der Waals surface area contributed by atoms with E-state index in [1.807, 2.05) is 59.5 Å². The number of hydrogen-bond acceptors (Lipinski definition) is 4. The Morgan fingerprint density at radius 1 is 1.06 bits per heavy atom. The molecule has 1 saturated heterocycles. The second-order valence-corrected chi connectivity index (χ2v) is 7.96. The third kappa shape index (κ3) is 4.07. The van der Waals surface area contributed by atoms with Crippen LogP contribution in [0, 0.1) is 0 Å². The van der Waals surface area contributed by atoms with Crippen LogP contribution in [0.5, 0.6) is 0 Å². The number of nitrogens with one attached hydrogen (secondary N) is 1. The molecule has 1 atom stereocenters. The molecule has 1 unspecified atom stereocenters. The summed E-state index contributed by atoms with van der Waals surface area (Å²) in [6.07, 6.45) is 2.50. The van der Waals surface area contributed by atoms with E-state index in [-0.39, 0.29) is 11.9 Å². The van der Waals surface area contributed by atoms with Gasteiger partial charge in [0, 0.05) is 35.9 Å². The van der Waals surface area contributed by atoms with Crippen LogP contribution in [0.2, 0.25) is 5.02 Å². The van der Waals surface area contributed by atoms with Crippen molar-refractivity contribution in [1.82, 2.24) is 14.7 Å². The summed E-state index contributed by atoms with van der Waals surface area (Å²) < 4.78 is 7.31. The number of furan rings is 1. The molecule has 2 aromatic carbocycles. The van der Waals surface area contributed by atoms with Crippen LogP contribution in [0.15, 0.2) is 83.5 Å². The Morgan fingerprint density at radius 2 is 1.87 bits per heavy atom. The van der Waals surface area contributed by atoms with Crippen LogP contribution in [-0.2, 0) is 0 Å². The predicted octanol–water partition coefficient (Wildman–Crippen LogP) is 5.11. The smallest absolute Gasteiger partial charge is 0.274 e. The van der Waals surface area contributed by atoms with Gasteiger partial charge in [0.25, 0.3) is 5.91 Å². The monoisotopic (exact) mass is 432 g/mol. The lowest BCUT2D eigenvalue weighted by Gasteiger charge is -2.16. The number of anilines is 1. The minimum atomic E-state index is -0.0853. The zero-order valence-electron chi connectivity index (χ0n) is 16.7. The molecule has 1 aliphatic rings. The lowest BCUT2D eigenvalue weighted by Crippen LogP contribution is -2.31. The van der Waals surface area contributed by atoms with Crippen molar-refractivity contribution < 1.29 is 9.21 Å². The van der Waals surface area contributed by atoms with Gasteiger partial charge in [0.15, 0.2) is 11.5 Å². The average Bonchev–Trinajstić information content (AvgIpc) is 3.55. The molecule has 0 saturated carbocycles. The Balaban J connectivity index is 1.39. The highest BCUT2D eigenvalue weighted by atomic mass is 35.5. The molecule has 4 aromatic rings. The number of halogens is 1. The summed E-state index contributed by atoms with van der Waals surface area (Å²) in [6.45, 7) is 1.32. The van der Waals surface area contributed by atoms with Gasteiger partial charge in [0.2, 0.25) is 0 Å². The Bertz CT molecular complexity index is 1170. The minimum Gasteiger partial charge on any atom is -0.463 e. The third-order valence-corrected chi connectivity index (χ3v) is 5.65.